The number of likely N-dealkylation sites (N-methyl/N-ethyl adjacent to an activating group) is 1. The highest BCUT2D eigenvalue weighted by molar-refractivity contribution is 7.13. The Bertz CT molecular complexity index is 957. The molecular formula is C21H23ClN4O3S. The van der Waals surface area contributed by atoms with Crippen molar-refractivity contribution in [3.63, 3.8) is 0 Å². The Morgan fingerprint density at radius 2 is 2.03 bits per heavy atom. The zero-order chi connectivity index (χ0) is 21.3. The van der Waals surface area contributed by atoms with Gasteiger partial charge in [-0.1, -0.05) is 35.0 Å². The second-order valence-electron chi connectivity index (χ2n) is 6.65. The lowest BCUT2D eigenvalue weighted by molar-refractivity contribution is -0.136. The van der Waals surface area contributed by atoms with Crippen molar-refractivity contribution in [1.29, 1.82) is 0 Å². The van der Waals surface area contributed by atoms with E-state index in [1.54, 1.807) is 28.4 Å². The summed E-state index contributed by atoms with van der Waals surface area (Å²) >= 11 is 7.40. The maximum atomic E-state index is 12.5. The lowest BCUT2D eigenvalue weighted by atomic mass is 10.2. The van der Waals surface area contributed by atoms with E-state index in [-0.39, 0.29) is 18.4 Å². The van der Waals surface area contributed by atoms with Crippen LogP contribution in [0.1, 0.15) is 31.2 Å². The number of aryl methyl sites for hydroxylation is 1. The third-order valence-electron chi connectivity index (χ3n) is 4.46. The van der Waals surface area contributed by atoms with E-state index in [0.29, 0.717) is 49.1 Å². The van der Waals surface area contributed by atoms with Gasteiger partial charge in [0.2, 0.25) is 23.5 Å². The highest BCUT2D eigenvalue weighted by Gasteiger charge is 2.16. The molecule has 1 N–H and O–H groups in total. The minimum Gasteiger partial charge on any atom is -0.350 e. The molecule has 0 spiro atoms. The minimum atomic E-state index is -0.197. The van der Waals surface area contributed by atoms with Crippen molar-refractivity contribution in [2.75, 3.05) is 13.1 Å². The molecular weight excluding hydrogens is 424 g/mol. The van der Waals surface area contributed by atoms with Gasteiger partial charge in [0.1, 0.15) is 0 Å². The fraction of sp³-hybridized carbons (Fsp3) is 0.333. The molecule has 3 aromatic rings. The quantitative estimate of drug-likeness (QED) is 0.509. The van der Waals surface area contributed by atoms with E-state index in [9.17, 15) is 9.59 Å². The Balaban J connectivity index is 1.40. The van der Waals surface area contributed by atoms with Gasteiger partial charge in [-0.15, -0.1) is 11.3 Å². The van der Waals surface area contributed by atoms with Crippen molar-refractivity contribution in [3.8, 4) is 10.7 Å². The summed E-state index contributed by atoms with van der Waals surface area (Å²) < 4.78 is 5.25. The van der Waals surface area contributed by atoms with Gasteiger partial charge < -0.3 is 14.7 Å². The summed E-state index contributed by atoms with van der Waals surface area (Å²) in [5.41, 5.74) is 0.948. The molecule has 0 bridgehead atoms. The van der Waals surface area contributed by atoms with Gasteiger partial charge in [0, 0.05) is 31.0 Å². The van der Waals surface area contributed by atoms with Gasteiger partial charge in [-0.05, 0) is 42.5 Å². The first-order chi connectivity index (χ1) is 14.5. The molecule has 0 atom stereocenters. The van der Waals surface area contributed by atoms with E-state index < -0.39 is 0 Å². The number of hydrogen-bond donors (Lipinski definition) is 1. The number of benzene rings is 1. The lowest BCUT2D eigenvalue weighted by Crippen LogP contribution is -2.40. The van der Waals surface area contributed by atoms with Crippen LogP contribution < -0.4 is 5.32 Å². The van der Waals surface area contributed by atoms with E-state index in [0.717, 1.165) is 10.4 Å². The van der Waals surface area contributed by atoms with Crippen LogP contribution in [0.4, 0.5) is 0 Å². The van der Waals surface area contributed by atoms with Crippen molar-refractivity contribution in [2.24, 2.45) is 0 Å². The maximum absolute atomic E-state index is 12.5. The van der Waals surface area contributed by atoms with Crippen LogP contribution in [-0.4, -0.2) is 39.9 Å². The molecule has 0 fully saturated rings. The first-order valence-electron chi connectivity index (χ1n) is 9.70. The third-order valence-corrected chi connectivity index (χ3v) is 5.58. The molecule has 1 aromatic carbocycles. The second-order valence-corrected chi connectivity index (χ2v) is 8.04. The summed E-state index contributed by atoms with van der Waals surface area (Å²) in [5, 5.41) is 9.40. The predicted molar refractivity (Wildman–Crippen MR) is 116 cm³/mol. The Kier molecular flexibility index (Phi) is 7.98. The normalized spacial score (nSPS) is 10.7. The zero-order valence-electron chi connectivity index (χ0n) is 16.6. The van der Waals surface area contributed by atoms with Crippen LogP contribution in [0.25, 0.3) is 10.7 Å². The number of nitrogens with zero attached hydrogens (tertiary/aromatic N) is 3. The topological polar surface area (TPSA) is 88.3 Å². The van der Waals surface area contributed by atoms with Crippen LogP contribution in [0, 0.1) is 0 Å². The van der Waals surface area contributed by atoms with E-state index in [2.05, 4.69) is 15.5 Å². The highest BCUT2D eigenvalue weighted by Crippen LogP contribution is 2.21. The van der Waals surface area contributed by atoms with Crippen LogP contribution in [0.5, 0.6) is 0 Å². The standard InChI is InChI=1S/C21H23ClN4O3S/c1-2-26(14-18(27)23-13-15-8-10-16(22)11-9-15)20(28)7-3-6-19-24-21(25-29-19)17-5-4-12-30-17/h4-5,8-12H,2-3,6-7,13-14H2,1H3,(H,23,27). The first-order valence-corrected chi connectivity index (χ1v) is 11.0. The summed E-state index contributed by atoms with van der Waals surface area (Å²) in [6.45, 7) is 2.75. The molecule has 0 saturated carbocycles. The van der Waals surface area contributed by atoms with Gasteiger partial charge >= 0.3 is 0 Å². The Labute approximate surface area is 184 Å². The molecule has 7 nitrogen and oxygen atoms in total. The number of nitrogens with one attached hydrogen (secondary N) is 1. The molecule has 0 radical (unpaired) electrons. The van der Waals surface area contributed by atoms with Crippen LogP contribution in [0.2, 0.25) is 5.02 Å². The summed E-state index contributed by atoms with van der Waals surface area (Å²) in [6.07, 6.45) is 1.41. The van der Waals surface area contributed by atoms with Gasteiger partial charge in [-0.2, -0.15) is 4.98 Å². The number of halogens is 1. The molecule has 0 aliphatic rings. The van der Waals surface area contributed by atoms with Crippen molar-refractivity contribution >= 4 is 34.8 Å². The zero-order valence-corrected chi connectivity index (χ0v) is 18.2. The van der Waals surface area contributed by atoms with E-state index >= 15 is 0 Å². The predicted octanol–water partition coefficient (Wildman–Crippen LogP) is 3.94. The first kappa shape index (κ1) is 22.0. The maximum Gasteiger partial charge on any atom is 0.239 e. The summed E-state index contributed by atoms with van der Waals surface area (Å²) in [6, 6.07) is 11.1. The number of thiophene rings is 1. The summed E-state index contributed by atoms with van der Waals surface area (Å²) in [7, 11) is 0. The number of hydrogen-bond acceptors (Lipinski definition) is 6. The molecule has 9 heteroatoms. The average Bonchev–Trinajstić information content (AvgIpc) is 3.43. The van der Waals surface area contributed by atoms with Gasteiger partial charge in [0.15, 0.2) is 0 Å². The fourth-order valence-corrected chi connectivity index (χ4v) is 3.59. The highest BCUT2D eigenvalue weighted by atomic mass is 35.5. The van der Waals surface area contributed by atoms with Crippen LogP contribution in [0.15, 0.2) is 46.3 Å². The van der Waals surface area contributed by atoms with Crippen molar-refractivity contribution in [2.45, 2.75) is 32.7 Å². The van der Waals surface area contributed by atoms with Gasteiger partial charge in [0.25, 0.3) is 0 Å². The molecule has 2 amide bonds. The van der Waals surface area contributed by atoms with E-state index in [1.165, 1.54) is 0 Å². The Hall–Kier alpha value is -2.71. The Morgan fingerprint density at radius 3 is 2.73 bits per heavy atom. The van der Waals surface area contributed by atoms with Crippen LogP contribution in [0.3, 0.4) is 0 Å². The van der Waals surface area contributed by atoms with Crippen molar-refractivity contribution in [1.82, 2.24) is 20.4 Å². The molecule has 3 rings (SSSR count). The van der Waals surface area contributed by atoms with Crippen LogP contribution in [-0.2, 0) is 22.6 Å². The molecule has 0 aliphatic carbocycles. The van der Waals surface area contributed by atoms with Crippen LogP contribution >= 0.6 is 22.9 Å². The Morgan fingerprint density at radius 1 is 1.23 bits per heavy atom. The van der Waals surface area contributed by atoms with Crippen molar-refractivity contribution < 1.29 is 14.1 Å². The largest absolute Gasteiger partial charge is 0.350 e. The van der Waals surface area contributed by atoms with Crippen molar-refractivity contribution in [3.05, 3.63) is 58.3 Å². The third kappa shape index (κ3) is 6.40. The number of aromatic nitrogens is 2. The minimum absolute atomic E-state index is 0.0337. The number of amides is 2. The van der Waals surface area contributed by atoms with Gasteiger partial charge in [0.05, 0.1) is 11.4 Å². The molecule has 30 heavy (non-hydrogen) atoms. The fourth-order valence-electron chi connectivity index (χ4n) is 2.82. The molecule has 2 aromatic heterocycles. The molecule has 158 valence electrons. The van der Waals surface area contributed by atoms with Gasteiger partial charge in [-0.3, -0.25) is 9.59 Å². The van der Waals surface area contributed by atoms with E-state index in [4.69, 9.17) is 16.1 Å². The number of rotatable bonds is 10. The second kappa shape index (κ2) is 10.9. The lowest BCUT2D eigenvalue weighted by Gasteiger charge is -2.20. The monoisotopic (exact) mass is 446 g/mol. The number of carbonyl (C=O) groups excluding carboxylic acids is 2. The van der Waals surface area contributed by atoms with E-state index in [1.807, 2.05) is 36.6 Å². The smallest absolute Gasteiger partial charge is 0.239 e. The average molecular weight is 447 g/mol. The van der Waals surface area contributed by atoms with Gasteiger partial charge in [-0.25, -0.2) is 0 Å². The molecule has 0 saturated heterocycles. The summed E-state index contributed by atoms with van der Waals surface area (Å²) in [4.78, 5) is 31.5. The summed E-state index contributed by atoms with van der Waals surface area (Å²) in [5.74, 6) is 0.809. The SMILES string of the molecule is CCN(CC(=O)NCc1ccc(Cl)cc1)C(=O)CCCc1nc(-c2cccs2)no1. The molecule has 2 heterocycles. The number of carbonyl (C=O) groups is 2. The molecule has 0 aliphatic heterocycles. The molecule has 0 unspecified atom stereocenters.